The fraction of sp³-hybridized carbons (Fsp3) is 0.316. The van der Waals surface area contributed by atoms with E-state index in [0.29, 0.717) is 17.4 Å². The highest BCUT2D eigenvalue weighted by atomic mass is 16.5. The van der Waals surface area contributed by atoms with Crippen LogP contribution in [0.1, 0.15) is 36.9 Å². The molecule has 6 heteroatoms. The van der Waals surface area contributed by atoms with Gasteiger partial charge in [-0.25, -0.2) is 9.78 Å². The molecule has 0 saturated carbocycles. The van der Waals surface area contributed by atoms with Gasteiger partial charge in [-0.2, -0.15) is 4.98 Å². The van der Waals surface area contributed by atoms with Gasteiger partial charge >= 0.3 is 5.69 Å². The summed E-state index contributed by atoms with van der Waals surface area (Å²) in [4.78, 5) is 23.2. The van der Waals surface area contributed by atoms with Crippen molar-refractivity contribution >= 4 is 16.9 Å². The van der Waals surface area contributed by atoms with Gasteiger partial charge in [0.25, 0.3) is 0 Å². The summed E-state index contributed by atoms with van der Waals surface area (Å²) in [5.41, 5.74) is 10.4. The van der Waals surface area contributed by atoms with E-state index in [2.05, 4.69) is 16.9 Å². The van der Waals surface area contributed by atoms with Crippen molar-refractivity contribution in [2.24, 2.45) is 0 Å². The monoisotopic (exact) mass is 336 g/mol. The molecule has 1 atom stereocenters. The normalized spacial score (nSPS) is 16.6. The number of aromatic amines is 1. The molecular weight excluding hydrogens is 316 g/mol. The third-order valence-corrected chi connectivity index (χ3v) is 4.94. The Kier molecular flexibility index (Phi) is 3.67. The molecule has 25 heavy (non-hydrogen) atoms. The van der Waals surface area contributed by atoms with Crippen LogP contribution < -0.4 is 16.2 Å². The second-order valence-corrected chi connectivity index (χ2v) is 6.53. The number of H-pyrrole nitrogens is 1. The first-order valence-corrected chi connectivity index (χ1v) is 8.45. The molecule has 0 spiro atoms. The Labute approximate surface area is 145 Å². The lowest BCUT2D eigenvalue weighted by Crippen LogP contribution is -2.18. The third-order valence-electron chi connectivity index (χ3n) is 4.94. The molecule has 6 nitrogen and oxygen atoms in total. The minimum Gasteiger partial charge on any atom is -0.497 e. The van der Waals surface area contributed by atoms with Gasteiger partial charge in [-0.1, -0.05) is 19.1 Å². The van der Waals surface area contributed by atoms with Crippen LogP contribution in [0, 0.1) is 0 Å². The summed E-state index contributed by atoms with van der Waals surface area (Å²) >= 11 is 0. The number of nitrogens with zero attached hydrogens (tertiary/aromatic N) is 2. The molecule has 0 amide bonds. The number of fused-ring (bicyclic) bond motifs is 2. The average molecular weight is 336 g/mol. The number of benzene rings is 1. The van der Waals surface area contributed by atoms with Crippen LogP contribution in [0.4, 0.5) is 5.82 Å². The molecule has 3 N–H and O–H groups in total. The Morgan fingerprint density at radius 2 is 2.00 bits per heavy atom. The Morgan fingerprint density at radius 3 is 2.72 bits per heavy atom. The molecule has 0 saturated heterocycles. The van der Waals surface area contributed by atoms with E-state index in [9.17, 15) is 4.79 Å². The zero-order valence-electron chi connectivity index (χ0n) is 14.3. The summed E-state index contributed by atoms with van der Waals surface area (Å²) in [6.45, 7) is 2.17. The summed E-state index contributed by atoms with van der Waals surface area (Å²) < 4.78 is 5.26. The van der Waals surface area contributed by atoms with Crippen LogP contribution in [0.3, 0.4) is 0 Å². The van der Waals surface area contributed by atoms with Crippen LogP contribution in [0.15, 0.2) is 29.1 Å². The van der Waals surface area contributed by atoms with Crippen molar-refractivity contribution in [3.05, 3.63) is 46.0 Å². The highest BCUT2D eigenvalue weighted by Crippen LogP contribution is 2.41. The molecule has 1 aromatic carbocycles. The number of hydrogen-bond acceptors (Lipinski definition) is 5. The number of nitrogen functional groups attached to an aromatic ring is 1. The molecule has 1 aliphatic carbocycles. The van der Waals surface area contributed by atoms with E-state index in [0.717, 1.165) is 47.2 Å². The van der Waals surface area contributed by atoms with E-state index in [-0.39, 0.29) is 0 Å². The smallest absolute Gasteiger partial charge is 0.348 e. The van der Waals surface area contributed by atoms with E-state index in [1.807, 2.05) is 24.3 Å². The first kappa shape index (κ1) is 15.6. The number of pyridine rings is 1. The second kappa shape index (κ2) is 5.88. The lowest BCUT2D eigenvalue weighted by molar-refractivity contribution is 0.415. The van der Waals surface area contributed by atoms with Gasteiger partial charge in [0.2, 0.25) is 0 Å². The van der Waals surface area contributed by atoms with Crippen molar-refractivity contribution < 1.29 is 4.74 Å². The fourth-order valence-electron chi connectivity index (χ4n) is 3.72. The molecule has 1 unspecified atom stereocenters. The van der Waals surface area contributed by atoms with Crippen LogP contribution >= 0.6 is 0 Å². The molecule has 128 valence electrons. The first-order valence-electron chi connectivity index (χ1n) is 8.45. The summed E-state index contributed by atoms with van der Waals surface area (Å²) in [7, 11) is 1.65. The predicted molar refractivity (Wildman–Crippen MR) is 97.9 cm³/mol. The van der Waals surface area contributed by atoms with Crippen molar-refractivity contribution in [2.45, 2.75) is 32.1 Å². The minimum absolute atomic E-state index is 0.314. The zero-order chi connectivity index (χ0) is 17.6. The molecular formula is C19H20N4O2. The number of nitrogens with two attached hydrogens (primary N) is 1. The number of aromatic nitrogens is 3. The van der Waals surface area contributed by atoms with Crippen molar-refractivity contribution in [1.29, 1.82) is 0 Å². The first-order chi connectivity index (χ1) is 12.1. The Balaban J connectivity index is 2.10. The number of rotatable bonds is 2. The topological polar surface area (TPSA) is 93.9 Å². The molecule has 2 aromatic heterocycles. The average Bonchev–Trinajstić information content (AvgIpc) is 2.61. The zero-order valence-corrected chi connectivity index (χ0v) is 14.3. The highest BCUT2D eigenvalue weighted by Gasteiger charge is 2.25. The van der Waals surface area contributed by atoms with Crippen molar-refractivity contribution in [3.63, 3.8) is 0 Å². The van der Waals surface area contributed by atoms with Gasteiger partial charge in [0.15, 0.2) is 5.65 Å². The van der Waals surface area contributed by atoms with Crippen molar-refractivity contribution in [1.82, 2.24) is 15.0 Å². The lowest BCUT2D eigenvalue weighted by atomic mass is 9.82. The maximum Gasteiger partial charge on any atom is 0.348 e. The van der Waals surface area contributed by atoms with E-state index in [1.54, 1.807) is 7.11 Å². The molecule has 1 aliphatic rings. The molecule has 0 fully saturated rings. The minimum atomic E-state index is -0.471. The molecule has 0 radical (unpaired) electrons. The van der Waals surface area contributed by atoms with Crippen LogP contribution in [0.25, 0.3) is 22.2 Å². The van der Waals surface area contributed by atoms with Gasteiger partial charge in [-0.15, -0.1) is 0 Å². The quantitative estimate of drug-likeness (QED) is 0.750. The van der Waals surface area contributed by atoms with Crippen molar-refractivity contribution in [3.8, 4) is 16.9 Å². The maximum atomic E-state index is 11.8. The summed E-state index contributed by atoms with van der Waals surface area (Å²) in [5, 5.41) is 0.720. The highest BCUT2D eigenvalue weighted by molar-refractivity contribution is 6.01. The Hall–Kier alpha value is -2.89. The lowest BCUT2D eigenvalue weighted by Gasteiger charge is -2.25. The summed E-state index contributed by atoms with van der Waals surface area (Å²) in [6.07, 6.45) is 3.15. The van der Waals surface area contributed by atoms with E-state index >= 15 is 0 Å². The molecule has 0 bridgehead atoms. The molecule has 2 heterocycles. The molecule has 3 aromatic rings. The number of anilines is 1. The second-order valence-electron chi connectivity index (χ2n) is 6.53. The van der Waals surface area contributed by atoms with Crippen LogP contribution in [-0.4, -0.2) is 22.1 Å². The van der Waals surface area contributed by atoms with Gasteiger partial charge in [-0.05, 0) is 48.4 Å². The summed E-state index contributed by atoms with van der Waals surface area (Å²) in [6, 6.07) is 7.88. The van der Waals surface area contributed by atoms with Crippen molar-refractivity contribution in [2.75, 3.05) is 12.8 Å². The van der Waals surface area contributed by atoms with Crippen LogP contribution in [-0.2, 0) is 6.42 Å². The van der Waals surface area contributed by atoms with Gasteiger partial charge < -0.3 is 10.5 Å². The maximum absolute atomic E-state index is 11.8. The van der Waals surface area contributed by atoms with Gasteiger partial charge in [0, 0.05) is 11.3 Å². The molecule has 4 rings (SSSR count). The SMILES string of the molecule is COc1ccc(-c2c3c(nc4nc(=O)[nH]c(N)c24)C(C)CCC3)cc1. The van der Waals surface area contributed by atoms with Gasteiger partial charge in [0.05, 0.1) is 12.5 Å². The number of methoxy groups -OCH3 is 1. The Bertz CT molecular complexity index is 1010. The number of hydrogen-bond donors (Lipinski definition) is 2. The van der Waals surface area contributed by atoms with Gasteiger partial charge in [-0.3, -0.25) is 4.98 Å². The van der Waals surface area contributed by atoms with E-state index < -0.39 is 5.69 Å². The van der Waals surface area contributed by atoms with Gasteiger partial charge in [0.1, 0.15) is 11.6 Å². The predicted octanol–water partition coefficient (Wildman–Crippen LogP) is 3.02. The van der Waals surface area contributed by atoms with Crippen LogP contribution in [0.2, 0.25) is 0 Å². The van der Waals surface area contributed by atoms with E-state index in [1.165, 1.54) is 5.56 Å². The fourth-order valence-corrected chi connectivity index (χ4v) is 3.72. The van der Waals surface area contributed by atoms with E-state index in [4.69, 9.17) is 15.5 Å². The standard InChI is InChI=1S/C19H20N4O2/c1-10-4-3-5-13-14(11-6-8-12(25-2)9-7-11)15-17(20)22-19(24)23-18(15)21-16(10)13/h6-10H,3-5H2,1-2H3,(H3,20,21,22,23,24). The van der Waals surface area contributed by atoms with Crippen LogP contribution in [0.5, 0.6) is 5.75 Å². The number of nitrogens with one attached hydrogen (secondary N) is 1. The molecule has 0 aliphatic heterocycles. The Morgan fingerprint density at radius 1 is 1.24 bits per heavy atom. The third kappa shape index (κ3) is 2.54. The number of ether oxygens (including phenoxy) is 1. The largest absolute Gasteiger partial charge is 0.497 e. The summed E-state index contributed by atoms with van der Waals surface area (Å²) in [5.74, 6) is 1.45.